The van der Waals surface area contributed by atoms with Gasteiger partial charge in [0.25, 0.3) is 5.69 Å². The highest BCUT2D eigenvalue weighted by atomic mass is 35.5. The van der Waals surface area contributed by atoms with Gasteiger partial charge in [-0.15, -0.1) is 11.8 Å². The van der Waals surface area contributed by atoms with Crippen LogP contribution in [0.3, 0.4) is 0 Å². The van der Waals surface area contributed by atoms with Gasteiger partial charge in [-0.25, -0.2) is 0 Å². The minimum absolute atomic E-state index is 0.106. The van der Waals surface area contributed by atoms with Gasteiger partial charge in [0, 0.05) is 17.0 Å². The minimum atomic E-state index is -0.555. The van der Waals surface area contributed by atoms with Crippen LogP contribution < -0.4 is 5.32 Å². The van der Waals surface area contributed by atoms with Crippen molar-refractivity contribution >= 4 is 40.6 Å². The smallest absolute Gasteiger partial charge is 0.271 e. The number of aromatic hydroxyl groups is 1. The second-order valence-electron chi connectivity index (χ2n) is 4.66. The number of hydrogen-bond donors (Lipinski definition) is 2. The van der Waals surface area contributed by atoms with E-state index in [4.69, 9.17) is 11.6 Å². The van der Waals surface area contributed by atoms with E-state index in [1.54, 1.807) is 31.2 Å². The Balaban J connectivity index is 2.03. The molecule has 120 valence electrons. The third kappa shape index (κ3) is 4.61. The zero-order valence-electron chi connectivity index (χ0n) is 12.0. The third-order valence-corrected chi connectivity index (χ3v) is 4.36. The number of nitro benzene ring substituents is 1. The summed E-state index contributed by atoms with van der Waals surface area (Å²) in [5, 5.41) is 22.2. The van der Waals surface area contributed by atoms with Gasteiger partial charge in [-0.2, -0.15) is 0 Å². The highest BCUT2D eigenvalue weighted by molar-refractivity contribution is 8.00. The lowest BCUT2D eigenvalue weighted by Crippen LogP contribution is -2.22. The number of nitro groups is 1. The number of halogens is 1. The van der Waals surface area contributed by atoms with Crippen molar-refractivity contribution in [1.29, 1.82) is 0 Å². The summed E-state index contributed by atoms with van der Waals surface area (Å²) in [7, 11) is 0. The number of benzene rings is 2. The molecule has 6 nitrogen and oxygen atoms in total. The molecule has 0 bridgehead atoms. The van der Waals surface area contributed by atoms with Crippen LogP contribution in [-0.4, -0.2) is 21.2 Å². The fourth-order valence-electron chi connectivity index (χ4n) is 1.74. The third-order valence-electron chi connectivity index (χ3n) is 2.94. The van der Waals surface area contributed by atoms with E-state index in [0.717, 1.165) is 4.90 Å². The van der Waals surface area contributed by atoms with Crippen molar-refractivity contribution in [1.82, 2.24) is 0 Å². The van der Waals surface area contributed by atoms with Gasteiger partial charge in [0.05, 0.1) is 20.9 Å². The zero-order valence-corrected chi connectivity index (χ0v) is 13.6. The van der Waals surface area contributed by atoms with Crippen LogP contribution in [0.1, 0.15) is 6.92 Å². The number of carbonyl (C=O) groups excluding carboxylic acids is 1. The number of amides is 1. The number of nitrogens with zero attached hydrogens (tertiary/aromatic N) is 1. The molecule has 0 fully saturated rings. The number of phenolic OH excluding ortho intramolecular Hbond substituents is 1. The van der Waals surface area contributed by atoms with Crippen LogP contribution in [0.25, 0.3) is 0 Å². The van der Waals surface area contributed by atoms with E-state index < -0.39 is 10.2 Å². The summed E-state index contributed by atoms with van der Waals surface area (Å²) in [4.78, 5) is 23.1. The molecule has 0 heterocycles. The number of hydrogen-bond acceptors (Lipinski definition) is 5. The number of thioether (sulfide) groups is 1. The van der Waals surface area contributed by atoms with Gasteiger partial charge in [0.2, 0.25) is 5.91 Å². The van der Waals surface area contributed by atoms with Gasteiger partial charge in [-0.1, -0.05) is 11.6 Å². The summed E-state index contributed by atoms with van der Waals surface area (Å²) in [6, 6.07) is 10.4. The maximum atomic E-state index is 12.2. The first-order valence-corrected chi connectivity index (χ1v) is 7.83. The molecule has 0 aliphatic carbocycles. The molecule has 2 aromatic rings. The van der Waals surface area contributed by atoms with Crippen LogP contribution in [0.2, 0.25) is 5.02 Å². The molecular weight excluding hydrogens is 340 g/mol. The van der Waals surface area contributed by atoms with Crippen molar-refractivity contribution in [2.45, 2.75) is 17.1 Å². The molecule has 0 aliphatic rings. The van der Waals surface area contributed by atoms with Crippen LogP contribution in [0.4, 0.5) is 11.4 Å². The predicted molar refractivity (Wildman–Crippen MR) is 90.2 cm³/mol. The first-order valence-electron chi connectivity index (χ1n) is 6.57. The first-order chi connectivity index (χ1) is 10.9. The average Bonchev–Trinajstić information content (AvgIpc) is 2.51. The van der Waals surface area contributed by atoms with Gasteiger partial charge in [0.1, 0.15) is 5.75 Å². The van der Waals surface area contributed by atoms with E-state index in [1.165, 1.54) is 30.0 Å². The Morgan fingerprint density at radius 2 is 1.96 bits per heavy atom. The fourth-order valence-corrected chi connectivity index (χ4v) is 2.83. The van der Waals surface area contributed by atoms with E-state index in [0.29, 0.717) is 5.69 Å². The molecule has 0 radical (unpaired) electrons. The zero-order chi connectivity index (χ0) is 17.0. The van der Waals surface area contributed by atoms with E-state index in [-0.39, 0.29) is 22.4 Å². The lowest BCUT2D eigenvalue weighted by atomic mass is 10.2. The molecule has 2 rings (SSSR count). The Kier molecular flexibility index (Phi) is 5.46. The Morgan fingerprint density at radius 1 is 1.30 bits per heavy atom. The van der Waals surface area contributed by atoms with Gasteiger partial charge in [0.15, 0.2) is 0 Å². The molecule has 8 heteroatoms. The molecule has 0 spiro atoms. The number of phenols is 1. The molecule has 2 N–H and O–H groups in total. The molecule has 0 saturated carbocycles. The Morgan fingerprint density at radius 3 is 2.52 bits per heavy atom. The van der Waals surface area contributed by atoms with Gasteiger partial charge < -0.3 is 10.4 Å². The Hall–Kier alpha value is -2.25. The maximum absolute atomic E-state index is 12.2. The minimum Gasteiger partial charge on any atom is -0.508 e. The number of non-ortho nitro benzene ring substituents is 1. The van der Waals surface area contributed by atoms with Crippen molar-refractivity contribution < 1.29 is 14.8 Å². The van der Waals surface area contributed by atoms with Crippen LogP contribution >= 0.6 is 23.4 Å². The number of rotatable bonds is 5. The Bertz CT molecular complexity index is 737. The molecule has 0 saturated heterocycles. The summed E-state index contributed by atoms with van der Waals surface area (Å²) in [6.07, 6.45) is 0. The monoisotopic (exact) mass is 352 g/mol. The number of nitrogens with one attached hydrogen (secondary N) is 1. The Labute approximate surface area is 141 Å². The van der Waals surface area contributed by atoms with E-state index in [9.17, 15) is 20.0 Å². The average molecular weight is 353 g/mol. The number of anilines is 1. The molecule has 2 aromatic carbocycles. The van der Waals surface area contributed by atoms with E-state index in [2.05, 4.69) is 5.32 Å². The fraction of sp³-hybridized carbons (Fsp3) is 0.133. The quantitative estimate of drug-likeness (QED) is 0.480. The van der Waals surface area contributed by atoms with E-state index >= 15 is 0 Å². The summed E-state index contributed by atoms with van der Waals surface area (Å²) in [6.45, 7) is 1.73. The molecule has 0 aliphatic heterocycles. The van der Waals surface area contributed by atoms with Crippen molar-refractivity contribution in [3.63, 3.8) is 0 Å². The van der Waals surface area contributed by atoms with Crippen molar-refractivity contribution in [2.24, 2.45) is 0 Å². The van der Waals surface area contributed by atoms with Gasteiger partial charge in [-0.3, -0.25) is 14.9 Å². The van der Waals surface area contributed by atoms with Crippen LogP contribution in [0.5, 0.6) is 5.75 Å². The van der Waals surface area contributed by atoms with Crippen LogP contribution in [-0.2, 0) is 4.79 Å². The standard InChI is InChI=1S/C15H13ClN2O4S/c1-9(23-12-5-3-11(19)4-6-12)15(20)17-14-7-2-10(18(21)22)8-13(14)16/h2-9,19H,1H3,(H,17,20). The second-order valence-corrected chi connectivity index (χ2v) is 6.49. The molecule has 0 aromatic heterocycles. The summed E-state index contributed by atoms with van der Waals surface area (Å²) in [5.74, 6) is -0.122. The second kappa shape index (κ2) is 7.34. The summed E-state index contributed by atoms with van der Waals surface area (Å²) >= 11 is 7.27. The van der Waals surface area contributed by atoms with Gasteiger partial charge in [-0.05, 0) is 37.3 Å². The molecular formula is C15H13ClN2O4S. The first kappa shape index (κ1) is 17.1. The van der Waals surface area contributed by atoms with Crippen LogP contribution in [0.15, 0.2) is 47.4 Å². The highest BCUT2D eigenvalue weighted by Crippen LogP contribution is 2.29. The summed E-state index contributed by atoms with van der Waals surface area (Å²) in [5.41, 5.74) is 0.180. The topological polar surface area (TPSA) is 92.5 Å². The lowest BCUT2D eigenvalue weighted by Gasteiger charge is -2.13. The van der Waals surface area contributed by atoms with Gasteiger partial charge >= 0.3 is 0 Å². The van der Waals surface area contributed by atoms with Crippen LogP contribution in [0, 0.1) is 10.1 Å². The normalized spacial score (nSPS) is 11.7. The predicted octanol–water partition coefficient (Wildman–Crippen LogP) is 4.07. The van der Waals surface area contributed by atoms with E-state index in [1.807, 2.05) is 0 Å². The number of carbonyl (C=O) groups is 1. The molecule has 23 heavy (non-hydrogen) atoms. The molecule has 1 atom stereocenters. The van der Waals surface area contributed by atoms with Crippen molar-refractivity contribution in [3.8, 4) is 5.75 Å². The lowest BCUT2D eigenvalue weighted by molar-refractivity contribution is -0.384. The molecule has 1 unspecified atom stereocenters. The van der Waals surface area contributed by atoms with Crippen molar-refractivity contribution in [2.75, 3.05) is 5.32 Å². The maximum Gasteiger partial charge on any atom is 0.271 e. The molecule has 1 amide bonds. The van der Waals surface area contributed by atoms with Crippen molar-refractivity contribution in [3.05, 3.63) is 57.6 Å². The largest absolute Gasteiger partial charge is 0.508 e. The summed E-state index contributed by atoms with van der Waals surface area (Å²) < 4.78 is 0. The highest BCUT2D eigenvalue weighted by Gasteiger charge is 2.17. The SMILES string of the molecule is CC(Sc1ccc(O)cc1)C(=O)Nc1ccc([N+](=O)[O-])cc1Cl.